The third-order valence-corrected chi connectivity index (χ3v) is 2.50. The number of rotatable bonds is 2. The number of hydrogen-bond donors (Lipinski definition) is 1. The Labute approximate surface area is 83.3 Å². The first-order chi connectivity index (χ1) is 5.59. The van der Waals surface area contributed by atoms with Gasteiger partial charge in [-0.2, -0.15) is 0 Å². The molecule has 1 aromatic rings. The van der Waals surface area contributed by atoms with E-state index in [4.69, 9.17) is 0 Å². The fraction of sp³-hybridized carbons (Fsp3) is 0.429. The molecule has 1 aromatic heterocycles. The van der Waals surface area contributed by atoms with Crippen LogP contribution in [0.15, 0.2) is 5.38 Å². The van der Waals surface area contributed by atoms with E-state index in [1.807, 2.05) is 12.3 Å². The summed E-state index contributed by atoms with van der Waals surface area (Å²) >= 11 is 4.60. The van der Waals surface area contributed by atoms with Crippen molar-refractivity contribution in [3.05, 3.63) is 11.1 Å². The van der Waals surface area contributed by atoms with Gasteiger partial charge in [0.25, 0.3) is 0 Å². The zero-order chi connectivity index (χ0) is 9.14. The number of thiazole rings is 1. The maximum absolute atomic E-state index is 11.1. The maximum atomic E-state index is 11.1. The van der Waals surface area contributed by atoms with Gasteiger partial charge in [-0.25, -0.2) is 4.98 Å². The van der Waals surface area contributed by atoms with Gasteiger partial charge in [0.2, 0.25) is 5.91 Å². The summed E-state index contributed by atoms with van der Waals surface area (Å²) < 4.78 is 0. The lowest BCUT2D eigenvalue weighted by Crippen LogP contribution is -2.19. The van der Waals surface area contributed by atoms with Crippen molar-refractivity contribution in [2.45, 2.75) is 18.7 Å². The highest BCUT2D eigenvalue weighted by Gasteiger charge is 2.09. The molecule has 0 spiro atoms. The van der Waals surface area contributed by atoms with Crippen LogP contribution in [0.25, 0.3) is 0 Å². The third-order valence-electron chi connectivity index (χ3n) is 1.21. The Morgan fingerprint density at radius 1 is 1.83 bits per heavy atom. The molecule has 0 saturated heterocycles. The molecule has 5 heteroatoms. The average Bonchev–Trinajstić information content (AvgIpc) is 2.35. The van der Waals surface area contributed by atoms with Crippen molar-refractivity contribution >= 4 is 38.3 Å². The van der Waals surface area contributed by atoms with Gasteiger partial charge < -0.3 is 5.32 Å². The molecule has 1 atom stereocenters. The molecule has 0 radical (unpaired) electrons. The van der Waals surface area contributed by atoms with Crippen molar-refractivity contribution < 1.29 is 4.79 Å². The summed E-state index contributed by atoms with van der Waals surface area (Å²) in [5.74, 6) is -0.0654. The van der Waals surface area contributed by atoms with Gasteiger partial charge in [0, 0.05) is 5.38 Å². The molecule has 1 heterocycles. The van der Waals surface area contributed by atoms with Crippen molar-refractivity contribution in [2.24, 2.45) is 0 Å². The van der Waals surface area contributed by atoms with E-state index < -0.39 is 0 Å². The highest BCUT2D eigenvalue weighted by molar-refractivity contribution is 9.10. The molecule has 0 aliphatic carbocycles. The predicted octanol–water partition coefficient (Wildman–Crippen LogP) is 2.17. The van der Waals surface area contributed by atoms with Crippen molar-refractivity contribution in [3.63, 3.8) is 0 Å². The van der Waals surface area contributed by atoms with Crippen LogP contribution in [0, 0.1) is 6.92 Å². The molecule has 66 valence electrons. The maximum Gasteiger partial charge on any atom is 0.239 e. The van der Waals surface area contributed by atoms with Gasteiger partial charge >= 0.3 is 0 Å². The van der Waals surface area contributed by atoms with Crippen LogP contribution in [0.3, 0.4) is 0 Å². The van der Waals surface area contributed by atoms with E-state index in [1.54, 1.807) is 6.92 Å². The van der Waals surface area contributed by atoms with Crippen molar-refractivity contribution in [1.82, 2.24) is 4.98 Å². The van der Waals surface area contributed by atoms with Crippen LogP contribution in [0.4, 0.5) is 5.13 Å². The summed E-state index contributed by atoms with van der Waals surface area (Å²) in [6, 6.07) is 0. The molecule has 0 unspecified atom stereocenters. The molecular formula is C7H9BrN2OS. The summed E-state index contributed by atoms with van der Waals surface area (Å²) in [6.07, 6.45) is 0. The number of nitrogens with one attached hydrogen (secondary N) is 1. The minimum absolute atomic E-state index is 0.0654. The van der Waals surface area contributed by atoms with Gasteiger partial charge in [0.05, 0.1) is 10.5 Å². The first kappa shape index (κ1) is 9.67. The number of aryl methyl sites for hydroxylation is 1. The van der Waals surface area contributed by atoms with Crippen LogP contribution in [-0.4, -0.2) is 15.7 Å². The Balaban J connectivity index is 2.58. The van der Waals surface area contributed by atoms with Gasteiger partial charge in [-0.3, -0.25) is 4.79 Å². The number of carbonyl (C=O) groups is 1. The fourth-order valence-corrected chi connectivity index (χ4v) is 1.42. The first-order valence-corrected chi connectivity index (χ1v) is 5.26. The highest BCUT2D eigenvalue weighted by Crippen LogP contribution is 2.15. The second-order valence-electron chi connectivity index (χ2n) is 2.40. The predicted molar refractivity (Wildman–Crippen MR) is 53.9 cm³/mol. The molecule has 1 rings (SSSR count). The fourth-order valence-electron chi connectivity index (χ4n) is 0.616. The zero-order valence-electron chi connectivity index (χ0n) is 6.80. The minimum Gasteiger partial charge on any atom is -0.301 e. The van der Waals surface area contributed by atoms with Crippen LogP contribution in [0.5, 0.6) is 0 Å². The van der Waals surface area contributed by atoms with Crippen molar-refractivity contribution in [3.8, 4) is 0 Å². The van der Waals surface area contributed by atoms with Gasteiger partial charge in [-0.15, -0.1) is 11.3 Å². The largest absolute Gasteiger partial charge is 0.301 e. The normalized spacial score (nSPS) is 12.6. The van der Waals surface area contributed by atoms with E-state index in [2.05, 4.69) is 26.2 Å². The second-order valence-corrected chi connectivity index (χ2v) is 4.63. The zero-order valence-corrected chi connectivity index (χ0v) is 9.20. The number of halogens is 1. The summed E-state index contributed by atoms with van der Waals surface area (Å²) in [5.41, 5.74) is 0.928. The molecule has 3 nitrogen and oxygen atoms in total. The topological polar surface area (TPSA) is 42.0 Å². The number of nitrogens with zero attached hydrogens (tertiary/aromatic N) is 1. The van der Waals surface area contributed by atoms with Crippen molar-refractivity contribution in [2.75, 3.05) is 5.32 Å². The van der Waals surface area contributed by atoms with E-state index >= 15 is 0 Å². The molecule has 0 aliphatic heterocycles. The van der Waals surface area contributed by atoms with Crippen LogP contribution >= 0.6 is 27.3 Å². The number of hydrogen-bond acceptors (Lipinski definition) is 3. The SMILES string of the molecule is Cc1csc(NC(=O)[C@H](C)Br)n1. The van der Waals surface area contributed by atoms with E-state index in [9.17, 15) is 4.79 Å². The standard InChI is InChI=1S/C7H9BrN2OS/c1-4-3-12-7(9-4)10-6(11)5(2)8/h3,5H,1-2H3,(H,9,10,11)/t5-/m0/s1. The van der Waals surface area contributed by atoms with E-state index in [0.29, 0.717) is 5.13 Å². The van der Waals surface area contributed by atoms with E-state index in [1.165, 1.54) is 11.3 Å². The summed E-state index contributed by atoms with van der Waals surface area (Å²) in [4.78, 5) is 15.0. The Bertz CT molecular complexity index is 285. The van der Waals surface area contributed by atoms with Crippen LogP contribution in [-0.2, 0) is 4.79 Å². The van der Waals surface area contributed by atoms with E-state index in [0.717, 1.165) is 5.69 Å². The third kappa shape index (κ3) is 2.57. The number of alkyl halides is 1. The second kappa shape index (κ2) is 4.00. The van der Waals surface area contributed by atoms with Gasteiger partial charge in [-0.1, -0.05) is 15.9 Å². The lowest BCUT2D eigenvalue weighted by Gasteiger charge is -2.01. The summed E-state index contributed by atoms with van der Waals surface area (Å²) in [5, 5.41) is 5.24. The quantitative estimate of drug-likeness (QED) is 0.816. The molecule has 1 amide bonds. The smallest absolute Gasteiger partial charge is 0.239 e. The van der Waals surface area contributed by atoms with Crippen molar-refractivity contribution in [1.29, 1.82) is 0 Å². The molecule has 0 bridgehead atoms. The first-order valence-electron chi connectivity index (χ1n) is 3.46. The van der Waals surface area contributed by atoms with Gasteiger partial charge in [-0.05, 0) is 13.8 Å². The summed E-state index contributed by atoms with van der Waals surface area (Å²) in [6.45, 7) is 3.67. The Hall–Kier alpha value is -0.420. The van der Waals surface area contributed by atoms with Gasteiger partial charge in [0.1, 0.15) is 0 Å². The number of anilines is 1. The minimum atomic E-state index is -0.179. The molecule has 0 aromatic carbocycles. The molecule has 12 heavy (non-hydrogen) atoms. The lowest BCUT2D eigenvalue weighted by atomic mass is 10.5. The molecule has 0 saturated carbocycles. The van der Waals surface area contributed by atoms with E-state index in [-0.39, 0.29) is 10.7 Å². The van der Waals surface area contributed by atoms with Gasteiger partial charge in [0.15, 0.2) is 5.13 Å². The number of amides is 1. The van der Waals surface area contributed by atoms with Crippen LogP contribution in [0.2, 0.25) is 0 Å². The monoisotopic (exact) mass is 248 g/mol. The van der Waals surface area contributed by atoms with Crippen LogP contribution in [0.1, 0.15) is 12.6 Å². The molecule has 0 fully saturated rings. The Kier molecular flexibility index (Phi) is 3.22. The Morgan fingerprint density at radius 3 is 2.92 bits per heavy atom. The molecule has 1 N–H and O–H groups in total. The highest BCUT2D eigenvalue weighted by atomic mass is 79.9. The number of carbonyl (C=O) groups excluding carboxylic acids is 1. The number of aromatic nitrogens is 1. The average molecular weight is 249 g/mol. The van der Waals surface area contributed by atoms with Crippen LogP contribution < -0.4 is 5.32 Å². The summed E-state index contributed by atoms with van der Waals surface area (Å²) in [7, 11) is 0. The molecule has 0 aliphatic rings. The Morgan fingerprint density at radius 2 is 2.50 bits per heavy atom. The lowest BCUT2D eigenvalue weighted by molar-refractivity contribution is -0.115. The molecular weight excluding hydrogens is 240 g/mol.